The molecule has 96 valence electrons. The van der Waals surface area contributed by atoms with Crippen LogP contribution in [0.2, 0.25) is 0 Å². The molecule has 0 unspecified atom stereocenters. The van der Waals surface area contributed by atoms with Crippen molar-refractivity contribution < 1.29 is 0 Å². The van der Waals surface area contributed by atoms with Crippen LogP contribution in [0.5, 0.6) is 0 Å². The van der Waals surface area contributed by atoms with E-state index in [0.29, 0.717) is 0 Å². The highest BCUT2D eigenvalue weighted by molar-refractivity contribution is 7.17. The van der Waals surface area contributed by atoms with Crippen molar-refractivity contribution in [3.63, 3.8) is 0 Å². The number of hydrogen-bond donors (Lipinski definition) is 1. The molecule has 0 bridgehead atoms. The van der Waals surface area contributed by atoms with E-state index < -0.39 is 0 Å². The molecule has 0 radical (unpaired) electrons. The Morgan fingerprint density at radius 2 is 2.06 bits per heavy atom. The van der Waals surface area contributed by atoms with Gasteiger partial charge in [0.15, 0.2) is 0 Å². The van der Waals surface area contributed by atoms with Crippen molar-refractivity contribution in [1.29, 1.82) is 0 Å². The zero-order valence-corrected chi connectivity index (χ0v) is 11.1. The van der Waals surface area contributed by atoms with Gasteiger partial charge in [0, 0.05) is 39.3 Å². The fourth-order valence-electron chi connectivity index (χ4n) is 2.37. The number of hydrogen-bond acceptors (Lipinski definition) is 6. The van der Waals surface area contributed by atoms with Crippen LogP contribution in [0.4, 0.5) is 5.82 Å². The summed E-state index contributed by atoms with van der Waals surface area (Å²) < 4.78 is 1.20. The van der Waals surface area contributed by atoms with E-state index >= 15 is 0 Å². The van der Waals surface area contributed by atoms with E-state index in [1.165, 1.54) is 4.70 Å². The molecule has 2 aromatic rings. The van der Waals surface area contributed by atoms with Gasteiger partial charge in [-0.15, -0.1) is 11.3 Å². The van der Waals surface area contributed by atoms with Gasteiger partial charge in [-0.1, -0.05) is 0 Å². The number of anilines is 1. The van der Waals surface area contributed by atoms with E-state index in [1.54, 1.807) is 17.7 Å². The highest BCUT2D eigenvalue weighted by Crippen LogP contribution is 2.28. The molecule has 18 heavy (non-hydrogen) atoms. The highest BCUT2D eigenvalue weighted by Gasteiger charge is 2.19. The lowest BCUT2D eigenvalue weighted by Crippen LogP contribution is -2.48. The summed E-state index contributed by atoms with van der Waals surface area (Å²) in [6.45, 7) is 5.89. The van der Waals surface area contributed by atoms with Gasteiger partial charge < -0.3 is 10.6 Å². The molecule has 1 aliphatic heterocycles. The van der Waals surface area contributed by atoms with E-state index in [2.05, 4.69) is 31.2 Å². The molecule has 6 heteroatoms. The second kappa shape index (κ2) is 5.17. The first kappa shape index (κ1) is 11.8. The van der Waals surface area contributed by atoms with Crippen molar-refractivity contribution in [2.24, 2.45) is 5.73 Å². The summed E-state index contributed by atoms with van der Waals surface area (Å²) in [6.07, 6.45) is 1.66. The van der Waals surface area contributed by atoms with E-state index in [0.717, 1.165) is 50.6 Å². The molecule has 3 rings (SSSR count). The lowest BCUT2D eigenvalue weighted by Gasteiger charge is -2.35. The minimum absolute atomic E-state index is 0.739. The Morgan fingerprint density at radius 3 is 2.83 bits per heavy atom. The molecular formula is C12H17N5S. The Morgan fingerprint density at radius 1 is 1.22 bits per heavy atom. The molecule has 1 aliphatic rings. The molecule has 0 amide bonds. The first-order chi connectivity index (χ1) is 8.88. The minimum Gasteiger partial charge on any atom is -0.353 e. The summed E-state index contributed by atoms with van der Waals surface area (Å²) in [5.41, 5.74) is 6.64. The van der Waals surface area contributed by atoms with Gasteiger partial charge in [0.1, 0.15) is 12.1 Å². The first-order valence-corrected chi connectivity index (χ1v) is 7.12. The number of rotatable bonds is 3. The van der Waals surface area contributed by atoms with Crippen molar-refractivity contribution in [3.05, 3.63) is 17.8 Å². The lowest BCUT2D eigenvalue weighted by atomic mass is 10.3. The highest BCUT2D eigenvalue weighted by atomic mass is 32.1. The van der Waals surface area contributed by atoms with Crippen LogP contribution in [0.1, 0.15) is 0 Å². The van der Waals surface area contributed by atoms with Gasteiger partial charge in [0.05, 0.1) is 10.2 Å². The third kappa shape index (κ3) is 2.19. The van der Waals surface area contributed by atoms with Gasteiger partial charge in [-0.25, -0.2) is 9.97 Å². The second-order valence-electron chi connectivity index (χ2n) is 4.45. The Hall–Kier alpha value is -1.24. The largest absolute Gasteiger partial charge is 0.353 e. The summed E-state index contributed by atoms with van der Waals surface area (Å²) in [5.74, 6) is 1.09. The summed E-state index contributed by atoms with van der Waals surface area (Å²) >= 11 is 1.72. The molecular weight excluding hydrogens is 246 g/mol. The lowest BCUT2D eigenvalue weighted by molar-refractivity contribution is 0.264. The van der Waals surface area contributed by atoms with Gasteiger partial charge in [0.2, 0.25) is 0 Å². The maximum absolute atomic E-state index is 5.59. The normalized spacial score (nSPS) is 17.5. The van der Waals surface area contributed by atoms with Gasteiger partial charge in [0.25, 0.3) is 0 Å². The predicted octanol–water partition coefficient (Wildman–Crippen LogP) is 0.772. The number of aromatic nitrogens is 2. The van der Waals surface area contributed by atoms with Crippen LogP contribution < -0.4 is 10.6 Å². The van der Waals surface area contributed by atoms with E-state index in [9.17, 15) is 0 Å². The second-order valence-corrected chi connectivity index (χ2v) is 5.37. The number of thiophene rings is 1. The van der Waals surface area contributed by atoms with Gasteiger partial charge in [-0.05, 0) is 11.4 Å². The summed E-state index contributed by atoms with van der Waals surface area (Å²) in [5, 5.41) is 2.08. The molecule has 0 aliphatic carbocycles. The minimum atomic E-state index is 0.739. The monoisotopic (exact) mass is 263 g/mol. The Balaban J connectivity index is 1.78. The van der Waals surface area contributed by atoms with Gasteiger partial charge in [-0.2, -0.15) is 0 Å². The summed E-state index contributed by atoms with van der Waals surface area (Å²) in [6, 6.07) is 2.05. The quantitative estimate of drug-likeness (QED) is 0.886. The molecule has 0 atom stereocenters. The third-order valence-corrected chi connectivity index (χ3v) is 4.24. The molecule has 2 aromatic heterocycles. The van der Waals surface area contributed by atoms with Crippen LogP contribution in [0.3, 0.4) is 0 Å². The van der Waals surface area contributed by atoms with Crippen molar-refractivity contribution in [2.75, 3.05) is 44.2 Å². The van der Waals surface area contributed by atoms with Crippen LogP contribution >= 0.6 is 11.3 Å². The molecule has 1 saturated heterocycles. The van der Waals surface area contributed by atoms with Crippen molar-refractivity contribution in [3.8, 4) is 0 Å². The number of fused-ring (bicyclic) bond motifs is 1. The summed E-state index contributed by atoms with van der Waals surface area (Å²) in [4.78, 5) is 13.5. The van der Waals surface area contributed by atoms with Crippen molar-refractivity contribution in [2.45, 2.75) is 0 Å². The average Bonchev–Trinajstić information content (AvgIpc) is 2.88. The van der Waals surface area contributed by atoms with Crippen LogP contribution in [0.25, 0.3) is 10.2 Å². The Labute approximate surface area is 110 Å². The van der Waals surface area contributed by atoms with Gasteiger partial charge in [-0.3, -0.25) is 4.90 Å². The molecule has 1 fully saturated rings. The van der Waals surface area contributed by atoms with Gasteiger partial charge >= 0.3 is 0 Å². The zero-order valence-electron chi connectivity index (χ0n) is 10.2. The number of piperazine rings is 1. The smallest absolute Gasteiger partial charge is 0.150 e. The van der Waals surface area contributed by atoms with Crippen LogP contribution in [-0.2, 0) is 0 Å². The molecule has 3 heterocycles. The van der Waals surface area contributed by atoms with Crippen molar-refractivity contribution in [1.82, 2.24) is 14.9 Å². The molecule has 2 N–H and O–H groups in total. The van der Waals surface area contributed by atoms with Crippen molar-refractivity contribution >= 4 is 27.4 Å². The van der Waals surface area contributed by atoms with Crippen LogP contribution in [0, 0.1) is 0 Å². The Bertz CT molecular complexity index is 518. The number of nitrogens with two attached hydrogens (primary N) is 1. The maximum Gasteiger partial charge on any atom is 0.150 e. The van der Waals surface area contributed by atoms with Crippen LogP contribution in [-0.4, -0.2) is 54.1 Å². The molecule has 0 saturated carbocycles. The maximum atomic E-state index is 5.59. The third-order valence-electron chi connectivity index (χ3n) is 3.34. The molecule has 0 spiro atoms. The van der Waals surface area contributed by atoms with E-state index in [-0.39, 0.29) is 0 Å². The predicted molar refractivity (Wildman–Crippen MR) is 75.1 cm³/mol. The van der Waals surface area contributed by atoms with Crippen LogP contribution in [0.15, 0.2) is 17.8 Å². The number of nitrogens with zero attached hydrogens (tertiary/aromatic N) is 4. The van der Waals surface area contributed by atoms with E-state index in [4.69, 9.17) is 5.73 Å². The first-order valence-electron chi connectivity index (χ1n) is 6.24. The Kier molecular flexibility index (Phi) is 3.40. The average molecular weight is 263 g/mol. The molecule has 5 nitrogen and oxygen atoms in total. The van der Waals surface area contributed by atoms with E-state index in [1.807, 2.05) is 0 Å². The fourth-order valence-corrected chi connectivity index (χ4v) is 3.23. The molecule has 0 aromatic carbocycles. The fraction of sp³-hybridized carbons (Fsp3) is 0.500. The SMILES string of the molecule is NCCN1CCN(c2ncnc3ccsc23)CC1. The topological polar surface area (TPSA) is 58.3 Å². The standard InChI is InChI=1S/C12H17N5S/c13-2-3-16-4-6-17(7-5-16)12-11-10(1-8-18-11)14-9-15-12/h1,8-9H,2-7,13H2. The summed E-state index contributed by atoms with van der Waals surface area (Å²) in [7, 11) is 0. The zero-order chi connectivity index (χ0) is 12.4.